The lowest BCUT2D eigenvalue weighted by molar-refractivity contribution is -0.870. The van der Waals surface area contributed by atoms with Gasteiger partial charge < -0.3 is 21.5 Å². The van der Waals surface area contributed by atoms with Gasteiger partial charge in [0.1, 0.15) is 0 Å². The van der Waals surface area contributed by atoms with Crippen LogP contribution < -0.4 is 17.0 Å². The molecule has 0 aliphatic rings. The molecule has 0 bridgehead atoms. The summed E-state index contributed by atoms with van der Waals surface area (Å²) in [5.41, 5.74) is 0. The average Bonchev–Trinajstić information content (AvgIpc) is 2.38. The number of rotatable bonds is 15. The standard InChI is InChI=1S/C19H42N.B.BrH/c1-5-6-7-8-9-10-11-12-13-14-15-16-17-18-19-20(2,3)4;;/h5-19H2,1-4H3;;1H/q+1;;/p-1. The van der Waals surface area contributed by atoms with Crippen molar-refractivity contribution < 1.29 is 21.5 Å². The van der Waals surface area contributed by atoms with Gasteiger partial charge in [-0.25, -0.2) is 0 Å². The van der Waals surface area contributed by atoms with Crippen molar-refractivity contribution in [3.63, 3.8) is 0 Å². The zero-order chi connectivity index (χ0) is 15.1. The van der Waals surface area contributed by atoms with Crippen LogP contribution in [0.1, 0.15) is 96.8 Å². The third-order valence-corrected chi connectivity index (χ3v) is 4.18. The highest BCUT2D eigenvalue weighted by Gasteiger charge is 2.04. The van der Waals surface area contributed by atoms with Crippen molar-refractivity contribution in [2.75, 3.05) is 27.7 Å². The molecule has 0 saturated heterocycles. The molecule has 0 aromatic rings. The SMILES string of the molecule is CCCCCCCCCCCCCCCC[N+](C)(C)C.[B].[Br-]. The van der Waals surface area contributed by atoms with E-state index in [1.807, 2.05) is 0 Å². The number of hydrogen-bond donors (Lipinski definition) is 0. The summed E-state index contributed by atoms with van der Waals surface area (Å²) in [4.78, 5) is 0. The molecule has 3 radical (unpaired) electrons. The molecule has 0 heterocycles. The van der Waals surface area contributed by atoms with Crippen LogP contribution in [0.25, 0.3) is 0 Å². The Balaban J connectivity index is -0.00000180. The molecular formula is C19H42BBrN. The minimum absolute atomic E-state index is 0. The van der Waals surface area contributed by atoms with Crippen LogP contribution >= 0.6 is 0 Å². The number of hydrogen-bond acceptors (Lipinski definition) is 0. The van der Waals surface area contributed by atoms with Gasteiger partial charge in [0.05, 0.1) is 27.7 Å². The quantitative estimate of drug-likeness (QED) is 0.235. The molecule has 0 unspecified atom stereocenters. The van der Waals surface area contributed by atoms with E-state index in [-0.39, 0.29) is 25.4 Å². The molecule has 3 heteroatoms. The number of quaternary nitrogens is 1. The summed E-state index contributed by atoms with van der Waals surface area (Å²) in [5, 5.41) is 0. The monoisotopic (exact) mass is 374 g/mol. The molecule has 0 N–H and O–H groups in total. The molecule has 0 amide bonds. The normalized spacial score (nSPS) is 10.9. The zero-order valence-corrected chi connectivity index (χ0v) is 17.6. The second kappa shape index (κ2) is 19.6. The van der Waals surface area contributed by atoms with Gasteiger partial charge in [-0.05, 0) is 12.8 Å². The molecule has 133 valence electrons. The van der Waals surface area contributed by atoms with E-state index < -0.39 is 0 Å². The van der Waals surface area contributed by atoms with Gasteiger partial charge in [0.25, 0.3) is 0 Å². The molecule has 0 aromatic carbocycles. The summed E-state index contributed by atoms with van der Waals surface area (Å²) in [6, 6.07) is 0. The van der Waals surface area contributed by atoms with Crippen molar-refractivity contribution in [2.24, 2.45) is 0 Å². The molecule has 1 nitrogen and oxygen atoms in total. The van der Waals surface area contributed by atoms with Crippen molar-refractivity contribution in [1.82, 2.24) is 0 Å². The van der Waals surface area contributed by atoms with Crippen LogP contribution in [0.3, 0.4) is 0 Å². The summed E-state index contributed by atoms with van der Waals surface area (Å²) in [5.74, 6) is 0. The Bertz CT molecular complexity index is 192. The molecule has 0 fully saturated rings. The van der Waals surface area contributed by atoms with Gasteiger partial charge >= 0.3 is 0 Å². The highest BCUT2D eigenvalue weighted by molar-refractivity contribution is 5.75. The third kappa shape index (κ3) is 25.5. The topological polar surface area (TPSA) is 0 Å². The average molecular weight is 375 g/mol. The number of unbranched alkanes of at least 4 members (excludes halogenated alkanes) is 13. The lowest BCUT2D eigenvalue weighted by Gasteiger charge is -2.23. The maximum absolute atomic E-state index is 2.29. The number of halogens is 1. The Hall–Kier alpha value is 0.505. The van der Waals surface area contributed by atoms with Gasteiger partial charge in [0.2, 0.25) is 0 Å². The molecule has 0 aliphatic carbocycles. The molecule has 0 saturated carbocycles. The Morgan fingerprint density at radius 2 is 0.773 bits per heavy atom. The Labute approximate surface area is 154 Å². The lowest BCUT2D eigenvalue weighted by Crippen LogP contribution is -3.00. The summed E-state index contributed by atoms with van der Waals surface area (Å²) in [6.07, 6.45) is 20.4. The van der Waals surface area contributed by atoms with Crippen molar-refractivity contribution in [3.05, 3.63) is 0 Å². The Morgan fingerprint density at radius 3 is 1.05 bits per heavy atom. The summed E-state index contributed by atoms with van der Waals surface area (Å²) in [6.45, 7) is 3.63. The van der Waals surface area contributed by atoms with Crippen molar-refractivity contribution >= 4 is 8.41 Å². The maximum atomic E-state index is 2.29. The fourth-order valence-corrected chi connectivity index (χ4v) is 2.78. The van der Waals surface area contributed by atoms with Gasteiger partial charge in [-0.15, -0.1) is 0 Å². The smallest absolute Gasteiger partial charge is 0.0780 e. The summed E-state index contributed by atoms with van der Waals surface area (Å²) >= 11 is 0. The number of nitrogens with zero attached hydrogens (tertiary/aromatic N) is 1. The van der Waals surface area contributed by atoms with E-state index in [9.17, 15) is 0 Å². The van der Waals surface area contributed by atoms with Gasteiger partial charge in [0.15, 0.2) is 0 Å². The van der Waals surface area contributed by atoms with Crippen LogP contribution in [0.5, 0.6) is 0 Å². The van der Waals surface area contributed by atoms with E-state index in [1.54, 1.807) is 0 Å². The first-order valence-electron chi connectivity index (χ1n) is 9.36. The van der Waals surface area contributed by atoms with Crippen LogP contribution in [0.4, 0.5) is 0 Å². The van der Waals surface area contributed by atoms with Crippen molar-refractivity contribution in [2.45, 2.75) is 96.8 Å². The Kier molecular flexibility index (Phi) is 24.3. The van der Waals surface area contributed by atoms with E-state index in [0.29, 0.717) is 0 Å². The molecule has 0 aromatic heterocycles. The van der Waals surface area contributed by atoms with Crippen LogP contribution in [-0.2, 0) is 0 Å². The van der Waals surface area contributed by atoms with Crippen molar-refractivity contribution in [1.29, 1.82) is 0 Å². The highest BCUT2D eigenvalue weighted by atomic mass is 79.9. The maximum Gasteiger partial charge on any atom is 0.0780 e. The first kappa shape index (κ1) is 27.4. The van der Waals surface area contributed by atoms with E-state index in [2.05, 4.69) is 28.1 Å². The molecule has 22 heavy (non-hydrogen) atoms. The van der Waals surface area contributed by atoms with Gasteiger partial charge in [-0.1, -0.05) is 84.0 Å². The molecular weight excluding hydrogens is 333 g/mol. The largest absolute Gasteiger partial charge is 1.00 e. The third-order valence-electron chi connectivity index (χ3n) is 4.18. The molecule has 0 aliphatic heterocycles. The highest BCUT2D eigenvalue weighted by Crippen LogP contribution is 2.13. The molecule has 0 rings (SSSR count). The van der Waals surface area contributed by atoms with E-state index in [0.717, 1.165) is 4.48 Å². The predicted molar refractivity (Wildman–Crippen MR) is 99.0 cm³/mol. The van der Waals surface area contributed by atoms with Crippen LogP contribution in [0, 0.1) is 0 Å². The van der Waals surface area contributed by atoms with Gasteiger partial charge in [-0.2, -0.15) is 0 Å². The van der Waals surface area contributed by atoms with Crippen LogP contribution in [0.2, 0.25) is 0 Å². The minimum atomic E-state index is 0. The second-order valence-corrected chi connectivity index (χ2v) is 7.61. The fraction of sp³-hybridized carbons (Fsp3) is 1.00. The summed E-state index contributed by atoms with van der Waals surface area (Å²) in [7, 11) is 6.88. The lowest BCUT2D eigenvalue weighted by atomic mass is 10.0. The van der Waals surface area contributed by atoms with Crippen molar-refractivity contribution in [3.8, 4) is 0 Å². The first-order valence-corrected chi connectivity index (χ1v) is 9.36. The molecule has 0 spiro atoms. The molecule has 0 atom stereocenters. The predicted octanol–water partition coefficient (Wildman–Crippen LogP) is 2.80. The fourth-order valence-electron chi connectivity index (χ4n) is 2.78. The van der Waals surface area contributed by atoms with Crippen LogP contribution in [-0.4, -0.2) is 40.6 Å². The summed E-state index contributed by atoms with van der Waals surface area (Å²) < 4.78 is 1.12. The Morgan fingerprint density at radius 1 is 0.500 bits per heavy atom. The zero-order valence-electron chi connectivity index (χ0n) is 16.0. The minimum Gasteiger partial charge on any atom is -1.00 e. The van der Waals surface area contributed by atoms with E-state index in [1.165, 1.54) is 96.4 Å². The van der Waals surface area contributed by atoms with Gasteiger partial charge in [0, 0.05) is 8.41 Å². The first-order chi connectivity index (χ1) is 9.56. The second-order valence-electron chi connectivity index (χ2n) is 7.61. The van der Waals surface area contributed by atoms with Crippen LogP contribution in [0.15, 0.2) is 0 Å². The van der Waals surface area contributed by atoms with E-state index in [4.69, 9.17) is 0 Å². The van der Waals surface area contributed by atoms with Gasteiger partial charge in [-0.3, -0.25) is 0 Å². The van der Waals surface area contributed by atoms with E-state index >= 15 is 0 Å².